The number of hydrogen-bond donors (Lipinski definition) is 1. The highest BCUT2D eigenvalue weighted by atomic mass is 16.7. The van der Waals surface area contributed by atoms with Crippen molar-refractivity contribution in [1.29, 1.82) is 0 Å². The second-order valence-corrected chi connectivity index (χ2v) is 5.82. The fourth-order valence-electron chi connectivity index (χ4n) is 2.89. The molecule has 2 atom stereocenters. The molecular formula is C17H28O5. The minimum atomic E-state index is -1.25. The number of rotatable bonds is 11. The van der Waals surface area contributed by atoms with Gasteiger partial charge in [0.25, 0.3) is 0 Å². The maximum Gasteiger partial charge on any atom is 0.336 e. The van der Waals surface area contributed by atoms with Crippen LogP contribution in [0.3, 0.4) is 0 Å². The summed E-state index contributed by atoms with van der Waals surface area (Å²) in [6, 6.07) is 0. The molecule has 0 saturated heterocycles. The second-order valence-electron chi connectivity index (χ2n) is 5.82. The number of aliphatic carboxylic acids is 1. The van der Waals surface area contributed by atoms with Crippen LogP contribution < -0.4 is 0 Å². The Hall–Kier alpha value is -1.17. The average Bonchev–Trinajstić information content (AvgIpc) is 2.51. The van der Waals surface area contributed by atoms with Crippen molar-refractivity contribution in [3.05, 3.63) is 25.3 Å². The number of carbonyl (C=O) groups is 1. The smallest absolute Gasteiger partial charge is 0.336 e. The minimum Gasteiger partial charge on any atom is -0.479 e. The van der Waals surface area contributed by atoms with Gasteiger partial charge >= 0.3 is 5.97 Å². The fraction of sp³-hybridized carbons (Fsp3) is 0.706. The highest BCUT2D eigenvalue weighted by molar-refractivity contribution is 5.78. The van der Waals surface area contributed by atoms with Gasteiger partial charge in [0.15, 0.2) is 5.60 Å². The molecule has 1 saturated carbocycles. The van der Waals surface area contributed by atoms with E-state index in [2.05, 4.69) is 13.2 Å². The van der Waals surface area contributed by atoms with Crippen LogP contribution in [0.1, 0.15) is 38.5 Å². The lowest BCUT2D eigenvalue weighted by molar-refractivity contribution is -0.168. The summed E-state index contributed by atoms with van der Waals surface area (Å²) in [5, 5.41) is 9.52. The normalized spacial score (nSPS) is 22.2. The highest BCUT2D eigenvalue weighted by Gasteiger charge is 2.38. The van der Waals surface area contributed by atoms with Crippen LogP contribution in [0, 0.1) is 5.92 Å². The average molecular weight is 312 g/mol. The van der Waals surface area contributed by atoms with Gasteiger partial charge in [0.1, 0.15) is 6.79 Å². The number of carboxylic acids is 1. The quantitative estimate of drug-likeness (QED) is 0.469. The van der Waals surface area contributed by atoms with Crippen molar-refractivity contribution in [1.82, 2.24) is 0 Å². The van der Waals surface area contributed by atoms with Crippen LogP contribution in [0.15, 0.2) is 25.3 Å². The van der Waals surface area contributed by atoms with Crippen molar-refractivity contribution < 1.29 is 24.1 Å². The first-order chi connectivity index (χ1) is 10.6. The third kappa shape index (κ3) is 5.55. The molecule has 0 unspecified atom stereocenters. The first-order valence-electron chi connectivity index (χ1n) is 7.77. The monoisotopic (exact) mass is 312 g/mol. The first kappa shape index (κ1) is 18.9. The highest BCUT2D eigenvalue weighted by Crippen LogP contribution is 2.30. The summed E-state index contributed by atoms with van der Waals surface area (Å²) in [6.45, 7) is 7.99. The molecule has 0 heterocycles. The van der Waals surface area contributed by atoms with Gasteiger partial charge in [0.05, 0.1) is 12.7 Å². The molecule has 1 fully saturated rings. The van der Waals surface area contributed by atoms with Gasteiger partial charge in [-0.05, 0) is 25.2 Å². The zero-order chi connectivity index (χ0) is 16.4. The van der Waals surface area contributed by atoms with E-state index in [9.17, 15) is 9.90 Å². The molecule has 1 rings (SSSR count). The van der Waals surface area contributed by atoms with Gasteiger partial charge in [-0.1, -0.05) is 18.6 Å². The molecule has 0 aromatic carbocycles. The van der Waals surface area contributed by atoms with E-state index in [0.717, 1.165) is 25.7 Å². The van der Waals surface area contributed by atoms with Crippen LogP contribution in [0.4, 0.5) is 0 Å². The Balaban J connectivity index is 2.57. The molecule has 126 valence electrons. The maximum absolute atomic E-state index is 11.6. The molecule has 22 heavy (non-hydrogen) atoms. The molecule has 0 aromatic heterocycles. The van der Waals surface area contributed by atoms with E-state index in [1.54, 1.807) is 19.3 Å². The number of ether oxygens (including phenoxy) is 3. The van der Waals surface area contributed by atoms with E-state index in [-0.39, 0.29) is 18.9 Å². The summed E-state index contributed by atoms with van der Waals surface area (Å²) in [5.41, 5.74) is -1.25. The molecule has 5 nitrogen and oxygen atoms in total. The summed E-state index contributed by atoms with van der Waals surface area (Å²) in [5.74, 6) is -0.653. The lowest BCUT2D eigenvalue weighted by Crippen LogP contribution is -2.42. The van der Waals surface area contributed by atoms with Gasteiger partial charge in [-0.3, -0.25) is 0 Å². The summed E-state index contributed by atoms with van der Waals surface area (Å²) in [6.07, 6.45) is 7.86. The molecule has 0 spiro atoms. The third-order valence-electron chi connectivity index (χ3n) is 4.09. The Bertz CT molecular complexity index is 356. The van der Waals surface area contributed by atoms with Crippen LogP contribution in [-0.2, 0) is 19.0 Å². The zero-order valence-electron chi connectivity index (χ0n) is 13.5. The lowest BCUT2D eigenvalue weighted by Gasteiger charge is -2.33. The number of carboxylic acid groups (broad SMARTS) is 1. The zero-order valence-corrected chi connectivity index (χ0v) is 13.5. The SMILES string of the molecule is C=CCC(CC=C)(OC[C@@H]1CCC[C@H](OCOC)C1)C(=O)O. The molecule has 0 bridgehead atoms. The predicted molar refractivity (Wildman–Crippen MR) is 84.7 cm³/mol. The molecule has 1 aliphatic rings. The van der Waals surface area contributed by atoms with Gasteiger partial charge in [0.2, 0.25) is 0 Å². The molecule has 1 aliphatic carbocycles. The van der Waals surface area contributed by atoms with E-state index in [0.29, 0.717) is 19.3 Å². The summed E-state index contributed by atoms with van der Waals surface area (Å²) in [7, 11) is 1.61. The Morgan fingerprint density at radius 3 is 2.55 bits per heavy atom. The maximum atomic E-state index is 11.6. The summed E-state index contributed by atoms with van der Waals surface area (Å²) >= 11 is 0. The van der Waals surface area contributed by atoms with E-state index in [4.69, 9.17) is 14.2 Å². The predicted octanol–water partition coefficient (Wildman–Crippen LogP) is 3.16. The van der Waals surface area contributed by atoms with Gasteiger partial charge < -0.3 is 19.3 Å². The molecule has 0 radical (unpaired) electrons. The molecule has 0 aliphatic heterocycles. The van der Waals surface area contributed by atoms with Crippen LogP contribution >= 0.6 is 0 Å². The van der Waals surface area contributed by atoms with Gasteiger partial charge in [0, 0.05) is 20.0 Å². The third-order valence-corrected chi connectivity index (χ3v) is 4.09. The van der Waals surface area contributed by atoms with Gasteiger partial charge in [-0.25, -0.2) is 4.79 Å². The van der Waals surface area contributed by atoms with Gasteiger partial charge in [-0.2, -0.15) is 0 Å². The minimum absolute atomic E-state index is 0.167. The van der Waals surface area contributed by atoms with E-state index < -0.39 is 11.6 Å². The van der Waals surface area contributed by atoms with Crippen molar-refractivity contribution in [2.45, 2.75) is 50.2 Å². The first-order valence-corrected chi connectivity index (χ1v) is 7.77. The fourth-order valence-corrected chi connectivity index (χ4v) is 2.89. The molecule has 1 N–H and O–H groups in total. The molecule has 5 heteroatoms. The standard InChI is InChI=1S/C17H28O5/c1-4-9-17(10-5-2,16(18)19)22-12-14-7-6-8-15(11-14)21-13-20-3/h4-5,14-15H,1-2,6-13H2,3H3,(H,18,19)/t14-,15+/m1/s1. The summed E-state index contributed by atoms with van der Waals surface area (Å²) in [4.78, 5) is 11.6. The van der Waals surface area contributed by atoms with Crippen LogP contribution in [0.2, 0.25) is 0 Å². The summed E-state index contributed by atoms with van der Waals surface area (Å²) < 4.78 is 16.4. The topological polar surface area (TPSA) is 65.0 Å². The van der Waals surface area contributed by atoms with Crippen LogP contribution in [0.5, 0.6) is 0 Å². The van der Waals surface area contributed by atoms with Crippen LogP contribution in [0.25, 0.3) is 0 Å². The van der Waals surface area contributed by atoms with Crippen molar-refractivity contribution >= 4 is 5.97 Å². The lowest BCUT2D eigenvalue weighted by atomic mass is 9.87. The Kier molecular flexibility index (Phi) is 8.38. The number of methoxy groups -OCH3 is 1. The largest absolute Gasteiger partial charge is 0.479 e. The van der Waals surface area contributed by atoms with E-state index in [1.165, 1.54) is 0 Å². The molecular weight excluding hydrogens is 284 g/mol. The molecule has 0 aromatic rings. The van der Waals surface area contributed by atoms with Gasteiger partial charge in [-0.15, -0.1) is 13.2 Å². The second kappa shape index (κ2) is 9.77. The van der Waals surface area contributed by atoms with Crippen molar-refractivity contribution in [3.8, 4) is 0 Å². The van der Waals surface area contributed by atoms with E-state index in [1.807, 2.05) is 0 Å². The van der Waals surface area contributed by atoms with Crippen molar-refractivity contribution in [3.63, 3.8) is 0 Å². The van der Waals surface area contributed by atoms with Crippen molar-refractivity contribution in [2.24, 2.45) is 5.92 Å². The number of hydrogen-bond acceptors (Lipinski definition) is 4. The molecule has 0 amide bonds. The Morgan fingerprint density at radius 2 is 2.00 bits per heavy atom. The van der Waals surface area contributed by atoms with Crippen LogP contribution in [-0.4, -0.2) is 43.3 Å². The Morgan fingerprint density at radius 1 is 1.32 bits per heavy atom. The van der Waals surface area contributed by atoms with E-state index >= 15 is 0 Å². The van der Waals surface area contributed by atoms with Crippen molar-refractivity contribution in [2.75, 3.05) is 20.5 Å². The Labute approximate surface area is 132 Å².